The number of carbonyl (C=O) groups is 1. The summed E-state index contributed by atoms with van der Waals surface area (Å²) in [6.45, 7) is 3.37. The predicted octanol–water partition coefficient (Wildman–Crippen LogP) is 3.79. The Morgan fingerprint density at radius 2 is 1.84 bits per heavy atom. The summed E-state index contributed by atoms with van der Waals surface area (Å²) in [5.41, 5.74) is 2.22. The van der Waals surface area contributed by atoms with Crippen molar-refractivity contribution in [3.05, 3.63) is 82.4 Å². The number of carbonyl (C=O) groups excluding carboxylic acids is 1. The van der Waals surface area contributed by atoms with Crippen LogP contribution in [-0.2, 0) is 11.2 Å². The summed E-state index contributed by atoms with van der Waals surface area (Å²) in [5, 5.41) is 7.48. The van der Waals surface area contributed by atoms with Crippen LogP contribution in [0.4, 0.5) is 15.9 Å². The highest BCUT2D eigenvalue weighted by Gasteiger charge is 2.27. The van der Waals surface area contributed by atoms with E-state index in [4.69, 9.17) is 0 Å². The molecule has 160 valence electrons. The van der Waals surface area contributed by atoms with E-state index in [1.54, 1.807) is 6.07 Å². The van der Waals surface area contributed by atoms with Crippen LogP contribution in [0.2, 0.25) is 0 Å². The fourth-order valence-corrected chi connectivity index (χ4v) is 3.80. The Morgan fingerprint density at radius 3 is 2.55 bits per heavy atom. The minimum absolute atomic E-state index is 0.0131. The molecule has 1 aromatic heterocycles. The van der Waals surface area contributed by atoms with Gasteiger partial charge in [0.2, 0.25) is 5.91 Å². The number of hydrogen-bond acceptors (Lipinski definition) is 4. The Kier molecular flexibility index (Phi) is 6.11. The lowest BCUT2D eigenvalue weighted by Crippen LogP contribution is -2.41. The minimum Gasteiger partial charge on any atom is -0.354 e. The monoisotopic (exact) mass is 420 g/mol. The average molecular weight is 420 g/mol. The van der Waals surface area contributed by atoms with Crippen LogP contribution in [0, 0.1) is 11.7 Å². The molecule has 6 nitrogen and oxygen atoms in total. The van der Waals surface area contributed by atoms with Crippen molar-refractivity contribution in [2.75, 3.05) is 23.3 Å². The van der Waals surface area contributed by atoms with Crippen molar-refractivity contribution in [2.24, 2.45) is 5.92 Å². The van der Waals surface area contributed by atoms with Gasteiger partial charge in [-0.2, -0.15) is 4.68 Å². The number of hydrogen-bond donors (Lipinski definition) is 1. The Hall–Kier alpha value is -3.48. The van der Waals surface area contributed by atoms with Crippen LogP contribution in [0.25, 0.3) is 5.69 Å². The topological polar surface area (TPSA) is 67.2 Å². The van der Waals surface area contributed by atoms with Crippen LogP contribution in [-0.4, -0.2) is 28.8 Å². The summed E-state index contributed by atoms with van der Waals surface area (Å²) in [6.07, 6.45) is 2.61. The lowest BCUT2D eigenvalue weighted by atomic mass is 9.97. The summed E-state index contributed by atoms with van der Waals surface area (Å²) in [7, 11) is 0. The van der Waals surface area contributed by atoms with E-state index in [-0.39, 0.29) is 23.2 Å². The second-order valence-corrected chi connectivity index (χ2v) is 7.74. The lowest BCUT2D eigenvalue weighted by molar-refractivity contribution is -0.120. The Morgan fingerprint density at radius 1 is 1.10 bits per heavy atom. The first-order chi connectivity index (χ1) is 15.0. The van der Waals surface area contributed by atoms with Crippen molar-refractivity contribution in [2.45, 2.75) is 26.2 Å². The Balaban J connectivity index is 1.49. The van der Waals surface area contributed by atoms with E-state index in [0.29, 0.717) is 18.1 Å². The van der Waals surface area contributed by atoms with Crippen LogP contribution in [0.1, 0.15) is 25.3 Å². The van der Waals surface area contributed by atoms with E-state index in [2.05, 4.69) is 17.3 Å². The zero-order valence-electron chi connectivity index (χ0n) is 17.4. The molecule has 1 aliphatic rings. The van der Waals surface area contributed by atoms with Gasteiger partial charge >= 0.3 is 0 Å². The van der Waals surface area contributed by atoms with Crippen molar-refractivity contribution in [1.29, 1.82) is 0 Å². The molecule has 1 aliphatic heterocycles. The van der Waals surface area contributed by atoms with E-state index in [1.165, 1.54) is 40.6 Å². The van der Waals surface area contributed by atoms with E-state index in [9.17, 15) is 14.0 Å². The second-order valence-electron chi connectivity index (χ2n) is 7.74. The zero-order valence-corrected chi connectivity index (χ0v) is 17.4. The number of aryl methyl sites for hydroxylation is 1. The molecule has 3 aromatic rings. The number of benzene rings is 2. The molecule has 1 atom stereocenters. The zero-order chi connectivity index (χ0) is 21.8. The summed E-state index contributed by atoms with van der Waals surface area (Å²) in [4.78, 5) is 27.1. The van der Waals surface area contributed by atoms with Crippen molar-refractivity contribution < 1.29 is 9.18 Å². The van der Waals surface area contributed by atoms with Crippen LogP contribution >= 0.6 is 0 Å². The summed E-state index contributed by atoms with van der Waals surface area (Å²) in [5.74, 6) is 0.0595. The van der Waals surface area contributed by atoms with Crippen molar-refractivity contribution in [3.8, 4) is 5.69 Å². The molecule has 7 heteroatoms. The third-order valence-electron chi connectivity index (χ3n) is 5.60. The number of rotatable bonds is 5. The first kappa shape index (κ1) is 20.8. The molecule has 2 heterocycles. The van der Waals surface area contributed by atoms with Gasteiger partial charge < -0.3 is 10.2 Å². The number of piperidine rings is 1. The number of aromatic nitrogens is 2. The normalized spacial score (nSPS) is 16.2. The highest BCUT2D eigenvalue weighted by atomic mass is 19.1. The number of anilines is 2. The second kappa shape index (κ2) is 9.12. The third kappa shape index (κ3) is 4.82. The minimum atomic E-state index is -0.373. The van der Waals surface area contributed by atoms with Gasteiger partial charge in [-0.15, -0.1) is 5.10 Å². The Labute approximate surface area is 180 Å². The molecule has 1 saturated heterocycles. The Bertz CT molecular complexity index is 1110. The molecular formula is C24H25FN4O2. The van der Waals surface area contributed by atoms with E-state index in [1.807, 2.05) is 29.2 Å². The number of nitrogens with zero attached hydrogens (tertiary/aromatic N) is 3. The van der Waals surface area contributed by atoms with Crippen LogP contribution in [0.15, 0.2) is 65.5 Å². The molecule has 4 rings (SSSR count). The first-order valence-electron chi connectivity index (χ1n) is 10.5. The maximum Gasteiger partial charge on any atom is 0.271 e. The fourth-order valence-electron chi connectivity index (χ4n) is 3.80. The summed E-state index contributed by atoms with van der Waals surface area (Å²) < 4.78 is 14.5. The predicted molar refractivity (Wildman–Crippen MR) is 119 cm³/mol. The SMILES string of the molecule is CCc1ccc(NC(=O)[C@@H]2CCCN(c3ccc(=O)n(-c4ccc(F)cc4)n3)C2)cc1. The van der Waals surface area contributed by atoms with Gasteiger partial charge in [0.25, 0.3) is 5.56 Å². The van der Waals surface area contributed by atoms with E-state index in [0.717, 1.165) is 31.5 Å². The molecule has 2 aromatic carbocycles. The summed E-state index contributed by atoms with van der Waals surface area (Å²) >= 11 is 0. The average Bonchev–Trinajstić information content (AvgIpc) is 2.80. The van der Waals surface area contributed by atoms with Gasteiger partial charge in [0.15, 0.2) is 0 Å². The highest BCUT2D eigenvalue weighted by molar-refractivity contribution is 5.93. The molecule has 1 fully saturated rings. The van der Waals surface area contributed by atoms with Crippen LogP contribution in [0.5, 0.6) is 0 Å². The van der Waals surface area contributed by atoms with Crippen LogP contribution < -0.4 is 15.8 Å². The molecule has 0 unspecified atom stereocenters. The standard InChI is InChI=1S/C24H25FN4O2/c1-2-17-5-9-20(10-6-17)26-24(31)18-4-3-15-28(16-18)22-13-14-23(30)29(27-22)21-11-7-19(25)8-12-21/h5-14,18H,2-4,15-16H2,1H3,(H,26,31)/t18-/m1/s1. The molecule has 0 bridgehead atoms. The van der Waals surface area contributed by atoms with Gasteiger partial charge in [0, 0.05) is 24.8 Å². The maximum atomic E-state index is 13.2. The quantitative estimate of drug-likeness (QED) is 0.682. The number of amides is 1. The molecule has 31 heavy (non-hydrogen) atoms. The van der Waals surface area contributed by atoms with Crippen molar-refractivity contribution in [3.63, 3.8) is 0 Å². The van der Waals surface area contributed by atoms with E-state index < -0.39 is 0 Å². The highest BCUT2D eigenvalue weighted by Crippen LogP contribution is 2.23. The third-order valence-corrected chi connectivity index (χ3v) is 5.60. The number of nitrogens with one attached hydrogen (secondary N) is 1. The molecule has 0 radical (unpaired) electrons. The maximum absolute atomic E-state index is 13.2. The van der Waals surface area contributed by atoms with Crippen LogP contribution in [0.3, 0.4) is 0 Å². The van der Waals surface area contributed by atoms with E-state index >= 15 is 0 Å². The van der Waals surface area contributed by atoms with Gasteiger partial charge in [-0.25, -0.2) is 4.39 Å². The van der Waals surface area contributed by atoms with Gasteiger partial charge in [0.05, 0.1) is 11.6 Å². The molecule has 1 N–H and O–H groups in total. The van der Waals surface area contributed by atoms with Crippen molar-refractivity contribution >= 4 is 17.4 Å². The summed E-state index contributed by atoms with van der Waals surface area (Å²) in [6, 6.07) is 16.6. The number of halogens is 1. The molecule has 1 amide bonds. The van der Waals surface area contributed by atoms with Gasteiger partial charge in [0.1, 0.15) is 11.6 Å². The van der Waals surface area contributed by atoms with Gasteiger partial charge in [-0.05, 0) is 67.3 Å². The first-order valence-corrected chi connectivity index (χ1v) is 10.5. The fraction of sp³-hybridized carbons (Fsp3) is 0.292. The molecule has 0 spiro atoms. The lowest BCUT2D eigenvalue weighted by Gasteiger charge is -2.33. The van der Waals surface area contributed by atoms with Gasteiger partial charge in [-0.3, -0.25) is 9.59 Å². The van der Waals surface area contributed by atoms with Crippen molar-refractivity contribution in [1.82, 2.24) is 9.78 Å². The largest absolute Gasteiger partial charge is 0.354 e. The molecular weight excluding hydrogens is 395 g/mol. The molecule has 0 aliphatic carbocycles. The molecule has 0 saturated carbocycles. The smallest absolute Gasteiger partial charge is 0.271 e. The van der Waals surface area contributed by atoms with Gasteiger partial charge in [-0.1, -0.05) is 19.1 Å².